The molecule has 0 radical (unpaired) electrons. The van der Waals surface area contributed by atoms with Crippen LogP contribution < -0.4 is 15.4 Å². The molecule has 3 amide bonds. The predicted molar refractivity (Wildman–Crippen MR) is 151 cm³/mol. The maximum absolute atomic E-state index is 14.2. The summed E-state index contributed by atoms with van der Waals surface area (Å²) in [7, 11) is 1.58. The van der Waals surface area contributed by atoms with Crippen molar-refractivity contribution in [2.45, 2.75) is 81.6 Å². The number of nitrogens with one attached hydrogen (secondary N) is 2. The number of anilines is 1. The monoisotopic (exact) mass is 550 g/mol. The molecule has 1 aromatic rings. The van der Waals surface area contributed by atoms with Gasteiger partial charge in [0.05, 0.1) is 25.0 Å². The van der Waals surface area contributed by atoms with Crippen molar-refractivity contribution < 1.29 is 23.9 Å². The summed E-state index contributed by atoms with van der Waals surface area (Å²) < 4.78 is 11.8. The van der Waals surface area contributed by atoms with Crippen molar-refractivity contribution in [3.63, 3.8) is 0 Å². The van der Waals surface area contributed by atoms with Crippen LogP contribution in [0.4, 0.5) is 5.69 Å². The van der Waals surface area contributed by atoms with Gasteiger partial charge < -0.3 is 29.9 Å². The fourth-order valence-electron chi connectivity index (χ4n) is 7.57. The summed E-state index contributed by atoms with van der Waals surface area (Å²) in [4.78, 5) is 46.0. The first-order valence-corrected chi connectivity index (χ1v) is 15.2. The van der Waals surface area contributed by atoms with Crippen molar-refractivity contribution in [1.82, 2.24) is 15.1 Å². The van der Waals surface area contributed by atoms with Gasteiger partial charge in [0.1, 0.15) is 17.4 Å². The number of rotatable bonds is 8. The number of hydrogen-bond acceptors (Lipinski definition) is 6. The molecule has 6 rings (SSSR count). The Bertz CT molecular complexity index is 1140. The molecule has 3 saturated heterocycles. The number of methoxy groups -OCH3 is 1. The average Bonchev–Trinajstić information content (AvgIpc) is 3.51. The molecular weight excluding hydrogens is 508 g/mol. The van der Waals surface area contributed by atoms with Crippen molar-refractivity contribution >= 4 is 23.4 Å². The third kappa shape index (κ3) is 5.02. The van der Waals surface area contributed by atoms with Crippen molar-refractivity contribution in [3.8, 4) is 5.75 Å². The molecule has 2 N–H and O–H groups in total. The van der Waals surface area contributed by atoms with E-state index in [1.807, 2.05) is 24.3 Å². The molecule has 5 aliphatic rings. The van der Waals surface area contributed by atoms with E-state index in [1.165, 1.54) is 19.3 Å². The molecule has 0 aromatic heterocycles. The molecule has 216 valence electrons. The largest absolute Gasteiger partial charge is 0.497 e. The van der Waals surface area contributed by atoms with E-state index in [1.54, 1.807) is 24.1 Å². The van der Waals surface area contributed by atoms with Gasteiger partial charge in [-0.15, -0.1) is 0 Å². The van der Waals surface area contributed by atoms with E-state index >= 15 is 0 Å². The van der Waals surface area contributed by atoms with Crippen LogP contribution in [0.3, 0.4) is 0 Å². The Morgan fingerprint density at radius 1 is 1.02 bits per heavy atom. The Balaban J connectivity index is 1.26. The molecule has 4 aliphatic heterocycles. The van der Waals surface area contributed by atoms with Crippen LogP contribution in [-0.2, 0) is 19.1 Å². The van der Waals surface area contributed by atoms with Crippen LogP contribution in [0.2, 0.25) is 0 Å². The summed E-state index contributed by atoms with van der Waals surface area (Å²) in [6.07, 6.45) is 13.3. The highest BCUT2D eigenvalue weighted by Crippen LogP contribution is 2.55. The Kier molecular flexibility index (Phi) is 7.86. The maximum Gasteiger partial charge on any atom is 0.246 e. The molecule has 9 heteroatoms. The Morgan fingerprint density at radius 3 is 2.52 bits per heavy atom. The zero-order valence-electron chi connectivity index (χ0n) is 23.5. The molecule has 5 atom stereocenters. The molecule has 1 spiro atoms. The lowest BCUT2D eigenvalue weighted by molar-refractivity contribution is -0.141. The van der Waals surface area contributed by atoms with Gasteiger partial charge in [0, 0.05) is 30.9 Å². The number of hydrogen-bond donors (Lipinski definition) is 2. The summed E-state index contributed by atoms with van der Waals surface area (Å²) in [5.41, 5.74) is -0.532. The summed E-state index contributed by atoms with van der Waals surface area (Å²) in [5.74, 6) is -1.40. The van der Waals surface area contributed by atoms with Crippen LogP contribution in [0.5, 0.6) is 5.75 Å². The van der Waals surface area contributed by atoms with E-state index in [2.05, 4.69) is 15.5 Å². The minimum Gasteiger partial charge on any atom is -0.497 e. The van der Waals surface area contributed by atoms with Crippen LogP contribution in [0, 0.1) is 11.8 Å². The van der Waals surface area contributed by atoms with Gasteiger partial charge in [-0.25, -0.2) is 0 Å². The maximum atomic E-state index is 14.2. The van der Waals surface area contributed by atoms with Gasteiger partial charge in [-0.2, -0.15) is 0 Å². The summed E-state index contributed by atoms with van der Waals surface area (Å²) in [6.45, 7) is 3.20. The minimum atomic E-state index is -1.13. The fraction of sp³-hybridized carbons (Fsp3) is 0.645. The molecule has 40 heavy (non-hydrogen) atoms. The molecule has 1 saturated carbocycles. The van der Waals surface area contributed by atoms with Crippen LogP contribution >= 0.6 is 0 Å². The summed E-state index contributed by atoms with van der Waals surface area (Å²) in [5, 5.41) is 6.25. The zero-order valence-corrected chi connectivity index (χ0v) is 23.5. The standard InChI is InChI=1S/C31H42N4O5/c1-39-23-13-9-12-22(20-23)33-28(36)25-24-14-15-31(40-24)26(25)30(38)35(19-18-34-16-7-2-3-8-17-34)27(31)29(37)32-21-10-5-4-6-11-21/h9,12-15,20-21,24-27H,2-8,10-11,16-19H2,1H3,(H,32,37)(H,33,36). The number of benzene rings is 1. The number of carbonyl (C=O) groups excluding carboxylic acids is 3. The second-order valence-corrected chi connectivity index (χ2v) is 12.1. The summed E-state index contributed by atoms with van der Waals surface area (Å²) in [6, 6.07) is 6.51. The van der Waals surface area contributed by atoms with Gasteiger partial charge in [-0.05, 0) is 50.9 Å². The first-order chi connectivity index (χ1) is 19.5. The first-order valence-electron chi connectivity index (χ1n) is 15.2. The van der Waals surface area contributed by atoms with Gasteiger partial charge >= 0.3 is 0 Å². The molecule has 1 aliphatic carbocycles. The highest BCUT2D eigenvalue weighted by Gasteiger charge is 2.72. The smallest absolute Gasteiger partial charge is 0.246 e. The van der Waals surface area contributed by atoms with E-state index in [0.29, 0.717) is 18.0 Å². The van der Waals surface area contributed by atoms with Crippen molar-refractivity contribution in [2.75, 3.05) is 38.6 Å². The van der Waals surface area contributed by atoms with Gasteiger partial charge in [-0.3, -0.25) is 14.4 Å². The number of likely N-dealkylation sites (tertiary alicyclic amines) is 2. The van der Waals surface area contributed by atoms with Gasteiger partial charge in [-0.1, -0.05) is 50.3 Å². The molecular formula is C31H42N4O5. The minimum absolute atomic E-state index is 0.119. The van der Waals surface area contributed by atoms with Gasteiger partial charge in [0.15, 0.2) is 0 Å². The normalized spacial score (nSPS) is 32.1. The van der Waals surface area contributed by atoms with E-state index in [0.717, 1.165) is 58.2 Å². The molecule has 4 heterocycles. The second kappa shape index (κ2) is 11.5. The van der Waals surface area contributed by atoms with E-state index in [4.69, 9.17) is 9.47 Å². The van der Waals surface area contributed by atoms with Crippen molar-refractivity contribution in [2.24, 2.45) is 11.8 Å². The highest BCUT2D eigenvalue weighted by atomic mass is 16.5. The van der Waals surface area contributed by atoms with Gasteiger partial charge in [0.25, 0.3) is 0 Å². The number of nitrogens with zero attached hydrogens (tertiary/aromatic N) is 2. The highest BCUT2D eigenvalue weighted by molar-refractivity contribution is 6.02. The average molecular weight is 551 g/mol. The lowest BCUT2D eigenvalue weighted by Gasteiger charge is -2.35. The molecule has 9 nitrogen and oxygen atoms in total. The van der Waals surface area contributed by atoms with Crippen LogP contribution in [0.15, 0.2) is 36.4 Å². The number of amides is 3. The number of carbonyl (C=O) groups is 3. The third-order valence-electron chi connectivity index (χ3n) is 9.57. The number of fused-ring (bicyclic) bond motifs is 1. The number of ether oxygens (including phenoxy) is 2. The summed E-state index contributed by atoms with van der Waals surface area (Å²) >= 11 is 0. The lowest BCUT2D eigenvalue weighted by atomic mass is 9.74. The Morgan fingerprint density at radius 2 is 1.77 bits per heavy atom. The Labute approximate surface area is 236 Å². The van der Waals surface area contributed by atoms with Crippen molar-refractivity contribution in [3.05, 3.63) is 36.4 Å². The fourth-order valence-corrected chi connectivity index (χ4v) is 7.57. The van der Waals surface area contributed by atoms with Crippen LogP contribution in [-0.4, -0.2) is 84.6 Å². The van der Waals surface area contributed by atoms with Gasteiger partial charge in [0.2, 0.25) is 17.7 Å². The first kappa shape index (κ1) is 27.3. The lowest BCUT2D eigenvalue weighted by Crippen LogP contribution is -2.57. The van der Waals surface area contributed by atoms with E-state index in [9.17, 15) is 14.4 Å². The molecule has 4 fully saturated rings. The topological polar surface area (TPSA) is 100 Å². The van der Waals surface area contributed by atoms with E-state index < -0.39 is 29.6 Å². The third-order valence-corrected chi connectivity index (χ3v) is 9.57. The quantitative estimate of drug-likeness (QED) is 0.483. The van der Waals surface area contributed by atoms with E-state index in [-0.39, 0.29) is 23.8 Å². The second-order valence-electron chi connectivity index (χ2n) is 12.1. The van der Waals surface area contributed by atoms with Crippen LogP contribution in [0.25, 0.3) is 0 Å². The zero-order chi connectivity index (χ0) is 27.7. The predicted octanol–water partition coefficient (Wildman–Crippen LogP) is 3.11. The molecule has 1 aromatic carbocycles. The SMILES string of the molecule is COc1cccc(NC(=O)C2C3C=CC4(O3)C2C(=O)N(CCN2CCCCCC2)C4C(=O)NC2CCCCC2)c1. The molecule has 5 unspecified atom stereocenters. The van der Waals surface area contributed by atoms with Crippen LogP contribution in [0.1, 0.15) is 57.8 Å². The van der Waals surface area contributed by atoms with Crippen molar-refractivity contribution in [1.29, 1.82) is 0 Å². The molecule has 2 bridgehead atoms. The Hall–Kier alpha value is -2.91.